The zero-order chi connectivity index (χ0) is 15.1. The second-order valence-corrected chi connectivity index (χ2v) is 4.03. The monoisotopic (exact) mass is 278 g/mol. The molecule has 1 atom stereocenters. The molecule has 0 aliphatic carbocycles. The lowest BCUT2D eigenvalue weighted by atomic mass is 10.0. The molecule has 0 bridgehead atoms. The number of Topliss-reactive ketones (excluding diaryl/α,β-unsaturated/α-hetero) is 1. The molecule has 1 aromatic carbocycles. The van der Waals surface area contributed by atoms with Crippen molar-refractivity contribution in [3.8, 4) is 0 Å². The third-order valence-corrected chi connectivity index (χ3v) is 2.51. The lowest BCUT2D eigenvalue weighted by Crippen LogP contribution is -2.41. The largest absolute Gasteiger partial charge is 0.480 e. The van der Waals surface area contributed by atoms with Gasteiger partial charge in [-0.1, -0.05) is 12.1 Å². The van der Waals surface area contributed by atoms with Crippen molar-refractivity contribution in [2.24, 2.45) is 0 Å². The van der Waals surface area contributed by atoms with Crippen molar-refractivity contribution >= 4 is 29.8 Å². The molecule has 0 saturated heterocycles. The van der Waals surface area contributed by atoms with Crippen LogP contribution in [0, 0.1) is 0 Å². The molecule has 0 heterocycles. The predicted octanol–water partition coefficient (Wildman–Crippen LogP) is 0.417. The fraction of sp³-hybridized carbons (Fsp3) is 0.231. The number of carbonyl (C=O) groups is 4. The van der Waals surface area contributed by atoms with Crippen LogP contribution in [0.3, 0.4) is 0 Å². The van der Waals surface area contributed by atoms with E-state index in [1.807, 2.05) is 0 Å². The van der Waals surface area contributed by atoms with Crippen LogP contribution in [0.1, 0.15) is 23.7 Å². The molecule has 0 aliphatic rings. The van der Waals surface area contributed by atoms with Gasteiger partial charge in [0.2, 0.25) is 12.3 Å². The highest BCUT2D eigenvalue weighted by atomic mass is 16.4. The van der Waals surface area contributed by atoms with Gasteiger partial charge in [0, 0.05) is 18.9 Å². The van der Waals surface area contributed by atoms with E-state index in [0.717, 1.165) is 0 Å². The van der Waals surface area contributed by atoms with E-state index >= 15 is 0 Å². The lowest BCUT2D eigenvalue weighted by molar-refractivity contribution is -0.141. The molecule has 1 aromatic rings. The topological polar surface area (TPSA) is 113 Å². The molecule has 1 unspecified atom stereocenters. The molecule has 2 amide bonds. The first kappa shape index (κ1) is 15.4. The summed E-state index contributed by atoms with van der Waals surface area (Å²) in [6.07, 6.45) is 0.0288. The quantitative estimate of drug-likeness (QED) is 0.494. The third-order valence-electron chi connectivity index (χ3n) is 2.51. The molecule has 0 aromatic heterocycles. The molecule has 7 nitrogen and oxygen atoms in total. The summed E-state index contributed by atoms with van der Waals surface area (Å²) in [5.74, 6) is -2.32. The summed E-state index contributed by atoms with van der Waals surface area (Å²) in [7, 11) is 0. The number of nitrogens with one attached hydrogen (secondary N) is 2. The molecule has 7 heteroatoms. The smallest absolute Gasteiger partial charge is 0.326 e. The molecule has 0 aliphatic heterocycles. The van der Waals surface area contributed by atoms with Crippen LogP contribution >= 0.6 is 0 Å². The first-order valence-corrected chi connectivity index (χ1v) is 5.78. The van der Waals surface area contributed by atoms with E-state index < -0.39 is 30.1 Å². The fourth-order valence-corrected chi connectivity index (χ4v) is 1.66. The summed E-state index contributed by atoms with van der Waals surface area (Å²) in [5, 5.41) is 13.5. The summed E-state index contributed by atoms with van der Waals surface area (Å²) in [6.45, 7) is 1.17. The molecular formula is C13H14N2O5. The molecule has 0 radical (unpaired) electrons. The van der Waals surface area contributed by atoms with Crippen molar-refractivity contribution in [2.45, 2.75) is 19.4 Å². The number of benzene rings is 1. The van der Waals surface area contributed by atoms with E-state index in [0.29, 0.717) is 12.1 Å². The van der Waals surface area contributed by atoms with Gasteiger partial charge in [0.1, 0.15) is 6.04 Å². The highest BCUT2D eigenvalue weighted by Crippen LogP contribution is 2.17. The van der Waals surface area contributed by atoms with Gasteiger partial charge in [0.25, 0.3) is 0 Å². The normalized spacial score (nSPS) is 11.2. The van der Waals surface area contributed by atoms with Crippen LogP contribution in [0.15, 0.2) is 24.3 Å². The van der Waals surface area contributed by atoms with Crippen molar-refractivity contribution in [3.05, 3.63) is 29.8 Å². The molecular weight excluding hydrogens is 264 g/mol. The highest BCUT2D eigenvalue weighted by Gasteiger charge is 2.23. The summed E-state index contributed by atoms with van der Waals surface area (Å²) in [6, 6.07) is 4.92. The average Bonchev–Trinajstić information content (AvgIpc) is 2.38. The number of hydrogen-bond acceptors (Lipinski definition) is 4. The first-order chi connectivity index (χ1) is 9.45. The van der Waals surface area contributed by atoms with Crippen LogP contribution in [0.2, 0.25) is 0 Å². The number of rotatable bonds is 7. The molecule has 0 spiro atoms. The zero-order valence-electron chi connectivity index (χ0n) is 10.8. The van der Waals surface area contributed by atoms with Crippen molar-refractivity contribution < 1.29 is 24.3 Å². The third kappa shape index (κ3) is 4.20. The zero-order valence-corrected chi connectivity index (χ0v) is 10.8. The van der Waals surface area contributed by atoms with Gasteiger partial charge < -0.3 is 15.7 Å². The summed E-state index contributed by atoms with van der Waals surface area (Å²) >= 11 is 0. The Bertz CT molecular complexity index is 541. The van der Waals surface area contributed by atoms with E-state index in [-0.39, 0.29) is 5.56 Å². The van der Waals surface area contributed by atoms with Gasteiger partial charge in [0.05, 0.1) is 5.69 Å². The van der Waals surface area contributed by atoms with E-state index in [9.17, 15) is 19.2 Å². The average molecular weight is 278 g/mol. The fourth-order valence-electron chi connectivity index (χ4n) is 1.66. The van der Waals surface area contributed by atoms with Gasteiger partial charge in [-0.05, 0) is 12.1 Å². The lowest BCUT2D eigenvalue weighted by Gasteiger charge is -2.13. The predicted molar refractivity (Wildman–Crippen MR) is 70.3 cm³/mol. The minimum atomic E-state index is -1.30. The number of hydrogen-bond donors (Lipinski definition) is 3. The minimum absolute atomic E-state index is 0.191. The van der Waals surface area contributed by atoms with Gasteiger partial charge in [-0.2, -0.15) is 0 Å². The van der Waals surface area contributed by atoms with E-state index in [1.54, 1.807) is 12.1 Å². The summed E-state index contributed by atoms with van der Waals surface area (Å²) in [5.41, 5.74) is 0.482. The minimum Gasteiger partial charge on any atom is -0.480 e. The van der Waals surface area contributed by atoms with Crippen LogP contribution in [-0.4, -0.2) is 35.2 Å². The number of para-hydroxylation sites is 1. The van der Waals surface area contributed by atoms with Gasteiger partial charge in [-0.3, -0.25) is 14.4 Å². The van der Waals surface area contributed by atoms with Gasteiger partial charge in [-0.25, -0.2) is 4.79 Å². The highest BCUT2D eigenvalue weighted by molar-refractivity contribution is 6.04. The first-order valence-electron chi connectivity index (χ1n) is 5.78. The summed E-state index contributed by atoms with van der Waals surface area (Å²) in [4.78, 5) is 44.4. The number of ketones is 1. The number of carboxylic acid groups (broad SMARTS) is 1. The molecule has 106 valence electrons. The molecule has 3 N–H and O–H groups in total. The Balaban J connectivity index is 2.91. The number of amides is 2. The maximum absolute atomic E-state index is 12.1. The Hall–Kier alpha value is -2.70. The Morgan fingerprint density at radius 3 is 2.50 bits per heavy atom. The van der Waals surface area contributed by atoms with E-state index in [2.05, 4.69) is 10.6 Å². The van der Waals surface area contributed by atoms with E-state index in [4.69, 9.17) is 5.11 Å². The van der Waals surface area contributed by atoms with Crippen molar-refractivity contribution in [3.63, 3.8) is 0 Å². The molecule has 1 rings (SSSR count). The number of carboxylic acids is 1. The van der Waals surface area contributed by atoms with Crippen LogP contribution in [0.25, 0.3) is 0 Å². The van der Waals surface area contributed by atoms with Crippen molar-refractivity contribution in [1.82, 2.24) is 5.32 Å². The van der Waals surface area contributed by atoms with Crippen molar-refractivity contribution in [2.75, 3.05) is 5.32 Å². The van der Waals surface area contributed by atoms with Crippen molar-refractivity contribution in [1.29, 1.82) is 0 Å². The number of anilines is 1. The second kappa shape index (κ2) is 7.03. The van der Waals surface area contributed by atoms with E-state index in [1.165, 1.54) is 19.1 Å². The maximum atomic E-state index is 12.1. The number of carbonyl (C=O) groups excluding carboxylic acids is 3. The van der Waals surface area contributed by atoms with Crippen LogP contribution in [-0.2, 0) is 14.4 Å². The van der Waals surface area contributed by atoms with Crippen LogP contribution in [0.4, 0.5) is 5.69 Å². The maximum Gasteiger partial charge on any atom is 0.326 e. The molecule has 0 saturated carbocycles. The second-order valence-electron chi connectivity index (χ2n) is 4.03. The molecule has 0 fully saturated rings. The Labute approximate surface area is 115 Å². The Morgan fingerprint density at radius 2 is 1.95 bits per heavy atom. The molecule has 20 heavy (non-hydrogen) atoms. The van der Waals surface area contributed by atoms with Gasteiger partial charge in [0.15, 0.2) is 5.78 Å². The standard InChI is InChI=1S/C13H14N2O5/c1-8(17)15-11(13(19)20)6-12(18)9-4-2-3-5-10(9)14-7-16/h2-5,7,11H,6H2,1H3,(H,14,16)(H,15,17)(H,19,20). The van der Waals surface area contributed by atoms with Crippen LogP contribution in [0.5, 0.6) is 0 Å². The van der Waals surface area contributed by atoms with Crippen LogP contribution < -0.4 is 10.6 Å². The Morgan fingerprint density at radius 1 is 1.30 bits per heavy atom. The SMILES string of the molecule is CC(=O)NC(CC(=O)c1ccccc1NC=O)C(=O)O. The summed E-state index contributed by atoms with van der Waals surface area (Å²) < 4.78 is 0. The number of aliphatic carboxylic acids is 1. The Kier molecular flexibility index (Phi) is 5.40. The van der Waals surface area contributed by atoms with Gasteiger partial charge >= 0.3 is 5.97 Å². The van der Waals surface area contributed by atoms with Gasteiger partial charge in [-0.15, -0.1) is 0 Å².